The molecule has 2 aromatic carbocycles. The summed E-state index contributed by atoms with van der Waals surface area (Å²) in [5.41, 5.74) is 4.18. The van der Waals surface area contributed by atoms with Crippen LogP contribution in [0.1, 0.15) is 24.7 Å². The molecule has 8 nitrogen and oxygen atoms in total. The Bertz CT molecular complexity index is 1140. The first-order valence-electron chi connectivity index (χ1n) is 9.71. The number of benzene rings is 2. The summed E-state index contributed by atoms with van der Waals surface area (Å²) in [5, 5.41) is 18.7. The Morgan fingerprint density at radius 2 is 1.90 bits per heavy atom. The van der Waals surface area contributed by atoms with E-state index in [9.17, 15) is 0 Å². The lowest BCUT2D eigenvalue weighted by Gasteiger charge is -2.09. The van der Waals surface area contributed by atoms with Crippen molar-refractivity contribution < 1.29 is 4.74 Å². The second-order valence-corrected chi connectivity index (χ2v) is 6.60. The number of aromatic amines is 1. The van der Waals surface area contributed by atoms with Crippen LogP contribution < -0.4 is 4.74 Å². The van der Waals surface area contributed by atoms with Crippen molar-refractivity contribution in [3.05, 3.63) is 59.9 Å². The van der Waals surface area contributed by atoms with Gasteiger partial charge >= 0.3 is 6.01 Å². The van der Waals surface area contributed by atoms with Crippen LogP contribution in [0.15, 0.2) is 48.5 Å². The largest absolute Gasteiger partial charge is 0.463 e. The van der Waals surface area contributed by atoms with Gasteiger partial charge in [0.15, 0.2) is 5.82 Å². The van der Waals surface area contributed by atoms with E-state index in [1.54, 1.807) is 0 Å². The van der Waals surface area contributed by atoms with Crippen LogP contribution in [0.3, 0.4) is 0 Å². The first kappa shape index (κ1) is 19.3. The van der Waals surface area contributed by atoms with Gasteiger partial charge in [0, 0.05) is 18.4 Å². The number of aryl methyl sites for hydroxylation is 1. The first-order chi connectivity index (χ1) is 14.8. The smallest absolute Gasteiger partial charge is 0.335 e. The normalized spacial score (nSPS) is 10.7. The van der Waals surface area contributed by atoms with Crippen LogP contribution in [-0.4, -0.2) is 42.0 Å². The lowest BCUT2D eigenvalue weighted by molar-refractivity contribution is 0.311. The van der Waals surface area contributed by atoms with Gasteiger partial charge in [-0.25, -0.2) is 9.78 Å². The molecule has 30 heavy (non-hydrogen) atoms. The van der Waals surface area contributed by atoms with Crippen LogP contribution in [-0.2, 0) is 13.0 Å². The van der Waals surface area contributed by atoms with E-state index >= 15 is 0 Å². The summed E-state index contributed by atoms with van der Waals surface area (Å²) in [6, 6.07) is 16.7. The van der Waals surface area contributed by atoms with Crippen molar-refractivity contribution in [3.63, 3.8) is 0 Å². The summed E-state index contributed by atoms with van der Waals surface area (Å²) >= 11 is 0. The highest BCUT2D eigenvalue weighted by Gasteiger charge is 2.12. The number of H-pyrrole nitrogens is 1. The fourth-order valence-corrected chi connectivity index (χ4v) is 3.21. The molecule has 8 heteroatoms. The third-order valence-corrected chi connectivity index (χ3v) is 4.62. The van der Waals surface area contributed by atoms with Gasteiger partial charge in [0.1, 0.15) is 5.82 Å². The molecule has 0 saturated heterocycles. The Morgan fingerprint density at radius 3 is 2.60 bits per heavy atom. The average Bonchev–Trinajstić information content (AvgIpc) is 3.44. The minimum absolute atomic E-state index is 0.385. The molecule has 2 aromatic heterocycles. The number of rotatable bonds is 8. The van der Waals surface area contributed by atoms with E-state index in [-0.39, 0.29) is 0 Å². The summed E-state index contributed by atoms with van der Waals surface area (Å²) in [4.78, 5) is 4.45. The Morgan fingerprint density at radius 1 is 1.10 bits per heavy atom. The minimum Gasteiger partial charge on any atom is -0.463 e. The number of tetrazole rings is 1. The van der Waals surface area contributed by atoms with Crippen molar-refractivity contribution >= 4 is 0 Å². The third-order valence-electron chi connectivity index (χ3n) is 4.62. The van der Waals surface area contributed by atoms with Crippen molar-refractivity contribution in [1.82, 2.24) is 35.4 Å². The number of hydrogen-bond acceptors (Lipinski definition) is 6. The molecule has 0 aliphatic rings. The molecule has 0 amide bonds. The highest BCUT2D eigenvalue weighted by molar-refractivity contribution is 5.80. The van der Waals surface area contributed by atoms with E-state index in [1.165, 1.54) is 0 Å². The van der Waals surface area contributed by atoms with Gasteiger partial charge in [0.25, 0.3) is 0 Å². The summed E-state index contributed by atoms with van der Waals surface area (Å²) in [7, 11) is 0. The van der Waals surface area contributed by atoms with Crippen molar-refractivity contribution in [2.75, 3.05) is 6.61 Å². The summed E-state index contributed by atoms with van der Waals surface area (Å²) in [6.45, 7) is 3.02. The predicted octanol–water partition coefficient (Wildman–Crippen LogP) is 3.14. The molecular formula is C22H21N7O. The van der Waals surface area contributed by atoms with Crippen LogP contribution in [0.2, 0.25) is 0 Å². The molecule has 2 heterocycles. The average molecular weight is 399 g/mol. The molecule has 0 spiro atoms. The number of hydrogen-bond donors (Lipinski definition) is 1. The van der Waals surface area contributed by atoms with Crippen LogP contribution in [0, 0.1) is 12.3 Å². The van der Waals surface area contributed by atoms with Gasteiger partial charge in [-0.15, -0.1) is 22.5 Å². The zero-order valence-corrected chi connectivity index (χ0v) is 16.6. The molecular weight excluding hydrogens is 378 g/mol. The van der Waals surface area contributed by atoms with E-state index in [0.29, 0.717) is 37.8 Å². The summed E-state index contributed by atoms with van der Waals surface area (Å²) < 4.78 is 7.31. The summed E-state index contributed by atoms with van der Waals surface area (Å²) in [6.07, 6.45) is 6.68. The van der Waals surface area contributed by atoms with Crippen LogP contribution in [0.4, 0.5) is 0 Å². The number of nitrogens with zero attached hydrogens (tertiary/aromatic N) is 6. The molecule has 150 valence electrons. The first-order valence-corrected chi connectivity index (χ1v) is 9.71. The maximum Gasteiger partial charge on any atom is 0.335 e. The van der Waals surface area contributed by atoms with Crippen molar-refractivity contribution in [2.45, 2.75) is 26.3 Å². The number of ether oxygens (including phenoxy) is 1. The van der Waals surface area contributed by atoms with E-state index in [2.05, 4.69) is 67.0 Å². The number of nitrogens with one attached hydrogen (secondary N) is 1. The monoisotopic (exact) mass is 399 g/mol. The molecule has 4 rings (SSSR count). The van der Waals surface area contributed by atoms with E-state index in [4.69, 9.17) is 11.2 Å². The van der Waals surface area contributed by atoms with Gasteiger partial charge < -0.3 is 4.74 Å². The Kier molecular flexibility index (Phi) is 5.80. The highest BCUT2D eigenvalue weighted by atomic mass is 16.5. The Balaban J connectivity index is 1.58. The SMILES string of the molecule is C#CCCc1nc(OCC)nn1Cc1ccc(-c2ccccc2-c2nnn[nH]2)cc1. The van der Waals surface area contributed by atoms with Crippen molar-refractivity contribution in [1.29, 1.82) is 0 Å². The van der Waals surface area contributed by atoms with Gasteiger partial charge in [0.2, 0.25) is 0 Å². The van der Waals surface area contributed by atoms with Crippen molar-refractivity contribution in [2.24, 2.45) is 0 Å². The molecule has 0 atom stereocenters. The standard InChI is InChI=1S/C22H21N7O/c1-3-5-10-20-23-22(30-4-2)26-29(20)15-16-11-13-17(14-12-16)18-8-6-7-9-19(18)21-24-27-28-25-21/h1,6-9,11-14H,4-5,10,15H2,2H3,(H,24,25,27,28). The Hall–Kier alpha value is -3.99. The molecule has 0 bridgehead atoms. The fraction of sp³-hybridized carbons (Fsp3) is 0.227. The summed E-state index contributed by atoms with van der Waals surface area (Å²) in [5.74, 6) is 4.11. The highest BCUT2D eigenvalue weighted by Crippen LogP contribution is 2.29. The van der Waals surface area contributed by atoms with E-state index < -0.39 is 0 Å². The van der Waals surface area contributed by atoms with E-state index in [1.807, 2.05) is 29.8 Å². The molecule has 0 aliphatic heterocycles. The van der Waals surface area contributed by atoms with E-state index in [0.717, 1.165) is 28.1 Å². The van der Waals surface area contributed by atoms with Crippen LogP contribution in [0.5, 0.6) is 6.01 Å². The third kappa shape index (κ3) is 4.20. The molecule has 0 saturated carbocycles. The minimum atomic E-state index is 0.385. The Labute approximate surface area is 174 Å². The van der Waals surface area contributed by atoms with Gasteiger partial charge in [0.05, 0.1) is 13.2 Å². The number of terminal acetylenes is 1. The second-order valence-electron chi connectivity index (χ2n) is 6.60. The van der Waals surface area contributed by atoms with Crippen molar-refractivity contribution in [3.8, 4) is 40.9 Å². The van der Waals surface area contributed by atoms with Gasteiger partial charge in [-0.3, -0.25) is 0 Å². The fourth-order valence-electron chi connectivity index (χ4n) is 3.21. The topological polar surface area (TPSA) is 94.4 Å². The second kappa shape index (κ2) is 9.01. The molecule has 0 aliphatic carbocycles. The molecule has 0 fully saturated rings. The van der Waals surface area contributed by atoms with Gasteiger partial charge in [-0.2, -0.15) is 4.98 Å². The zero-order chi connectivity index (χ0) is 20.8. The zero-order valence-electron chi connectivity index (χ0n) is 16.6. The van der Waals surface area contributed by atoms with Gasteiger partial charge in [-0.05, 0) is 34.0 Å². The molecule has 4 aromatic rings. The van der Waals surface area contributed by atoms with Crippen LogP contribution >= 0.6 is 0 Å². The molecule has 0 unspecified atom stereocenters. The lowest BCUT2D eigenvalue weighted by atomic mass is 9.98. The van der Waals surface area contributed by atoms with Crippen LogP contribution in [0.25, 0.3) is 22.5 Å². The lowest BCUT2D eigenvalue weighted by Crippen LogP contribution is -2.07. The predicted molar refractivity (Wildman–Crippen MR) is 112 cm³/mol. The molecule has 1 N–H and O–H groups in total. The maximum atomic E-state index is 5.46. The molecule has 0 radical (unpaired) electrons. The quantitative estimate of drug-likeness (QED) is 0.458. The number of aromatic nitrogens is 7. The van der Waals surface area contributed by atoms with Gasteiger partial charge in [-0.1, -0.05) is 48.5 Å². The maximum absolute atomic E-state index is 5.46.